The van der Waals surface area contributed by atoms with E-state index in [9.17, 15) is 18.0 Å². The summed E-state index contributed by atoms with van der Waals surface area (Å²) in [4.78, 5) is 25.6. The molecule has 2 aliphatic heterocycles. The number of fused-ring (bicyclic) bond motifs is 1. The molecule has 0 unspecified atom stereocenters. The zero-order valence-electron chi connectivity index (χ0n) is 20.1. The summed E-state index contributed by atoms with van der Waals surface area (Å²) in [6.45, 7) is 3.60. The molecular formula is C24H27F3N8O. The summed E-state index contributed by atoms with van der Waals surface area (Å²) in [5, 5.41) is 11.2. The van der Waals surface area contributed by atoms with Crippen LogP contribution in [0.3, 0.4) is 0 Å². The van der Waals surface area contributed by atoms with Gasteiger partial charge in [0.2, 0.25) is 0 Å². The van der Waals surface area contributed by atoms with E-state index < -0.39 is 12.2 Å². The normalized spacial score (nSPS) is 17.8. The van der Waals surface area contributed by atoms with Gasteiger partial charge in [-0.15, -0.1) is 10.2 Å². The van der Waals surface area contributed by atoms with Gasteiger partial charge in [-0.25, -0.2) is 9.97 Å². The fourth-order valence-corrected chi connectivity index (χ4v) is 4.94. The fraction of sp³-hybridized carbons (Fsp3) is 0.458. The second kappa shape index (κ2) is 9.49. The molecule has 1 atom stereocenters. The van der Waals surface area contributed by atoms with Crippen LogP contribution in [0.4, 0.5) is 24.8 Å². The first-order valence-corrected chi connectivity index (χ1v) is 12.0. The molecule has 1 N–H and O–H groups in total. The maximum absolute atomic E-state index is 13.6. The number of nitrogens with zero attached hydrogens (tertiary/aromatic N) is 7. The van der Waals surface area contributed by atoms with E-state index in [0.29, 0.717) is 47.1 Å². The van der Waals surface area contributed by atoms with Crippen molar-refractivity contribution in [2.24, 2.45) is 0 Å². The minimum Gasteiger partial charge on any atom is -0.345 e. The number of hydrogen-bond acceptors (Lipinski definition) is 7. The number of aryl methyl sites for hydroxylation is 1. The average Bonchev–Trinajstić information content (AvgIpc) is 3.59. The van der Waals surface area contributed by atoms with Crippen molar-refractivity contribution in [3.05, 3.63) is 47.4 Å². The van der Waals surface area contributed by atoms with E-state index in [1.807, 2.05) is 10.6 Å². The largest absolute Gasteiger partial charge is 0.408 e. The molecule has 5 rings (SSSR count). The molecule has 12 heteroatoms. The van der Waals surface area contributed by atoms with Gasteiger partial charge in [0, 0.05) is 25.2 Å². The molecule has 0 saturated carbocycles. The van der Waals surface area contributed by atoms with Gasteiger partial charge in [-0.05, 0) is 44.5 Å². The number of alkyl halides is 3. The van der Waals surface area contributed by atoms with Crippen molar-refractivity contribution in [3.63, 3.8) is 0 Å². The summed E-state index contributed by atoms with van der Waals surface area (Å²) in [5.41, 5.74) is 2.20. The summed E-state index contributed by atoms with van der Waals surface area (Å²) in [5.74, 6) is 0.915. The molecule has 36 heavy (non-hydrogen) atoms. The number of anilines is 2. The van der Waals surface area contributed by atoms with Crippen LogP contribution in [0.5, 0.6) is 0 Å². The van der Waals surface area contributed by atoms with Crippen molar-refractivity contribution < 1.29 is 18.0 Å². The lowest BCUT2D eigenvalue weighted by Gasteiger charge is -2.28. The predicted molar refractivity (Wildman–Crippen MR) is 127 cm³/mol. The lowest BCUT2D eigenvalue weighted by molar-refractivity contribution is -0.146. The van der Waals surface area contributed by atoms with Crippen LogP contribution in [0.2, 0.25) is 0 Å². The lowest BCUT2D eigenvalue weighted by Crippen LogP contribution is -2.41. The van der Waals surface area contributed by atoms with Gasteiger partial charge in [0.15, 0.2) is 5.82 Å². The van der Waals surface area contributed by atoms with Crippen LogP contribution < -0.4 is 15.1 Å². The van der Waals surface area contributed by atoms with E-state index in [1.54, 1.807) is 25.5 Å². The second-order valence-electron chi connectivity index (χ2n) is 9.00. The number of nitrogens with one attached hydrogen (secondary N) is 1. The van der Waals surface area contributed by atoms with Crippen LogP contribution in [0.25, 0.3) is 11.5 Å². The lowest BCUT2D eigenvalue weighted by atomic mass is 10.1. The number of carbonyl (C=O) groups is 1. The Kier molecular flexibility index (Phi) is 6.37. The van der Waals surface area contributed by atoms with Crippen LogP contribution in [0.1, 0.15) is 47.8 Å². The zero-order chi connectivity index (χ0) is 25.4. The van der Waals surface area contributed by atoms with E-state index in [2.05, 4.69) is 32.4 Å². The van der Waals surface area contributed by atoms with E-state index in [-0.39, 0.29) is 31.2 Å². The van der Waals surface area contributed by atoms with Crippen LogP contribution in [0.15, 0.2) is 30.6 Å². The highest BCUT2D eigenvalue weighted by molar-refractivity contribution is 6.10. The van der Waals surface area contributed by atoms with Gasteiger partial charge in [0.05, 0.1) is 17.8 Å². The Bertz CT molecular complexity index is 1270. The third-order valence-corrected chi connectivity index (χ3v) is 6.58. The maximum atomic E-state index is 13.6. The van der Waals surface area contributed by atoms with E-state index in [1.165, 1.54) is 15.9 Å². The number of pyridine rings is 2. The zero-order valence-corrected chi connectivity index (χ0v) is 20.1. The van der Waals surface area contributed by atoms with Crippen LogP contribution >= 0.6 is 0 Å². The fourth-order valence-electron chi connectivity index (χ4n) is 4.94. The van der Waals surface area contributed by atoms with Crippen molar-refractivity contribution in [1.82, 2.24) is 30.0 Å². The molecule has 190 valence electrons. The minimum absolute atomic E-state index is 0.0169. The highest BCUT2D eigenvalue weighted by atomic mass is 19.4. The molecule has 3 aromatic heterocycles. The molecule has 1 saturated heterocycles. The first-order valence-electron chi connectivity index (χ1n) is 12.0. The van der Waals surface area contributed by atoms with E-state index in [0.717, 1.165) is 13.0 Å². The Balaban J connectivity index is 1.50. The predicted octanol–water partition coefficient (Wildman–Crippen LogP) is 3.56. The third-order valence-electron chi connectivity index (χ3n) is 6.58. The van der Waals surface area contributed by atoms with Crippen LogP contribution in [0, 0.1) is 0 Å². The first-order chi connectivity index (χ1) is 17.3. The monoisotopic (exact) mass is 500 g/mol. The molecular weight excluding hydrogens is 473 g/mol. The molecule has 0 aromatic carbocycles. The Morgan fingerprint density at radius 2 is 2.03 bits per heavy atom. The van der Waals surface area contributed by atoms with Gasteiger partial charge in [0.25, 0.3) is 5.91 Å². The Labute approximate surface area is 206 Å². The van der Waals surface area contributed by atoms with E-state index in [4.69, 9.17) is 0 Å². The average molecular weight is 501 g/mol. The van der Waals surface area contributed by atoms with Crippen molar-refractivity contribution >= 4 is 17.5 Å². The molecule has 9 nitrogen and oxygen atoms in total. The highest BCUT2D eigenvalue weighted by Gasteiger charge is 2.47. The van der Waals surface area contributed by atoms with Gasteiger partial charge < -0.3 is 14.8 Å². The van der Waals surface area contributed by atoms with Crippen LogP contribution in [-0.4, -0.2) is 56.5 Å². The molecule has 0 radical (unpaired) electrons. The number of halogens is 3. The topological polar surface area (TPSA) is 92.1 Å². The summed E-state index contributed by atoms with van der Waals surface area (Å²) in [7, 11) is 1.74. The third kappa shape index (κ3) is 4.29. The summed E-state index contributed by atoms with van der Waals surface area (Å²) < 4.78 is 42.8. The Hall–Kier alpha value is -3.54. The molecule has 2 aliphatic rings. The summed E-state index contributed by atoms with van der Waals surface area (Å²) >= 11 is 0. The van der Waals surface area contributed by atoms with E-state index >= 15 is 0 Å². The molecule has 5 heterocycles. The van der Waals surface area contributed by atoms with Gasteiger partial charge >= 0.3 is 6.18 Å². The summed E-state index contributed by atoms with van der Waals surface area (Å²) in [6, 6.07) is 5.25. The van der Waals surface area contributed by atoms with Crippen LogP contribution in [-0.2, 0) is 19.6 Å². The van der Waals surface area contributed by atoms with Gasteiger partial charge in [-0.3, -0.25) is 9.69 Å². The van der Waals surface area contributed by atoms with Gasteiger partial charge in [-0.1, -0.05) is 13.0 Å². The number of hydrogen-bond donors (Lipinski definition) is 1. The minimum atomic E-state index is -4.36. The maximum Gasteiger partial charge on any atom is 0.408 e. The van der Waals surface area contributed by atoms with Crippen molar-refractivity contribution in [1.29, 1.82) is 0 Å². The second-order valence-corrected chi connectivity index (χ2v) is 9.00. The molecule has 0 spiro atoms. The van der Waals surface area contributed by atoms with Crippen molar-refractivity contribution in [2.75, 3.05) is 23.4 Å². The molecule has 3 aromatic rings. The molecule has 1 fully saturated rings. The number of carbonyl (C=O) groups excluding carboxylic acids is 1. The number of rotatable bonds is 7. The standard InChI is InChI=1S/C24H27F3N8O/c1-3-9-33-14-29-32-22(33)17-6-4-8-20(30-17)35-13-16-15(23(35)36)11-21(31-18(16)12-28-2)34-10-5-7-19(34)24(25,26)27/h4,6,8,11,14,19,28H,3,5,7,9-10,12-13H2,1-2H3/t19-/m1/s1. The summed E-state index contributed by atoms with van der Waals surface area (Å²) in [6.07, 6.45) is -1.37. The smallest absolute Gasteiger partial charge is 0.345 e. The Morgan fingerprint density at radius 1 is 1.19 bits per heavy atom. The highest BCUT2D eigenvalue weighted by Crippen LogP contribution is 2.38. The van der Waals surface area contributed by atoms with Crippen molar-refractivity contribution in [3.8, 4) is 11.5 Å². The quantitative estimate of drug-likeness (QED) is 0.530. The Morgan fingerprint density at radius 3 is 2.78 bits per heavy atom. The molecule has 0 aliphatic carbocycles. The first kappa shape index (κ1) is 24.2. The number of aromatic nitrogens is 5. The molecule has 1 amide bonds. The molecule has 0 bridgehead atoms. The SMILES string of the molecule is CCCn1cnnc1-c1cccc(N2Cc3c(cc(N4CCC[C@@H]4C(F)(F)F)nc3CNC)C2=O)n1. The number of amides is 1. The van der Waals surface area contributed by atoms with Crippen molar-refractivity contribution in [2.45, 2.75) is 58.0 Å². The van der Waals surface area contributed by atoms with Gasteiger partial charge in [0.1, 0.15) is 29.7 Å². The van der Waals surface area contributed by atoms with Gasteiger partial charge in [-0.2, -0.15) is 13.2 Å².